The molecule has 0 N–H and O–H groups in total. The number of likely N-dealkylation sites (tertiary alicyclic amines) is 1. The van der Waals surface area contributed by atoms with Crippen molar-refractivity contribution in [1.82, 2.24) is 24.4 Å². The van der Waals surface area contributed by atoms with E-state index in [-0.39, 0.29) is 0 Å². The Labute approximate surface area is 256 Å². The second-order valence-corrected chi connectivity index (χ2v) is 12.7. The summed E-state index contributed by atoms with van der Waals surface area (Å²) in [6.07, 6.45) is 9.93. The topological polar surface area (TPSA) is 67.6 Å². The van der Waals surface area contributed by atoms with Crippen LogP contribution in [0.25, 0.3) is 16.6 Å². The van der Waals surface area contributed by atoms with Crippen molar-refractivity contribution < 1.29 is 14.2 Å². The van der Waals surface area contributed by atoms with Gasteiger partial charge in [-0.15, -0.1) is 0 Å². The molecule has 8 heterocycles. The normalized spacial score (nSPS) is 25.2. The van der Waals surface area contributed by atoms with Gasteiger partial charge >= 0.3 is 0 Å². The zero-order chi connectivity index (χ0) is 28.9. The highest BCUT2D eigenvalue weighted by Crippen LogP contribution is 2.37. The molecule has 9 nitrogen and oxygen atoms in total. The van der Waals surface area contributed by atoms with Crippen molar-refractivity contribution in [3.8, 4) is 22.6 Å². The van der Waals surface area contributed by atoms with Gasteiger partial charge in [0.1, 0.15) is 23.9 Å². The van der Waals surface area contributed by atoms with Crippen LogP contribution < -0.4 is 14.4 Å². The summed E-state index contributed by atoms with van der Waals surface area (Å²) in [5.74, 6) is 2.69. The first-order valence-corrected chi connectivity index (χ1v) is 15.7. The van der Waals surface area contributed by atoms with Gasteiger partial charge in [0.05, 0.1) is 42.3 Å². The molecule has 1 aromatic carbocycles. The number of nitrogens with zero attached hydrogens (tertiary/aromatic N) is 6. The lowest BCUT2D eigenvalue weighted by atomic mass is 9.86. The number of pyridine rings is 2. The zero-order valence-corrected chi connectivity index (χ0v) is 25.2. The lowest BCUT2D eigenvalue weighted by Gasteiger charge is -2.56. The largest absolute Gasteiger partial charge is 0.497 e. The summed E-state index contributed by atoms with van der Waals surface area (Å²) in [5.41, 5.74) is 4.16. The number of anilines is 1. The van der Waals surface area contributed by atoms with E-state index < -0.39 is 0 Å². The third-order valence-corrected chi connectivity index (χ3v) is 9.87. The molecule has 0 spiro atoms. The third kappa shape index (κ3) is 5.33. The Balaban J connectivity index is 0.938. The summed E-state index contributed by atoms with van der Waals surface area (Å²) in [4.78, 5) is 12.4. The van der Waals surface area contributed by atoms with Crippen molar-refractivity contribution in [3.63, 3.8) is 0 Å². The van der Waals surface area contributed by atoms with E-state index in [0.717, 1.165) is 73.2 Å². The number of halogens is 1. The van der Waals surface area contributed by atoms with Crippen molar-refractivity contribution in [2.24, 2.45) is 0 Å². The Morgan fingerprint density at radius 2 is 1.74 bits per heavy atom. The fourth-order valence-electron chi connectivity index (χ4n) is 7.34. The molecule has 3 aromatic heterocycles. The predicted molar refractivity (Wildman–Crippen MR) is 166 cm³/mol. The van der Waals surface area contributed by atoms with Crippen LogP contribution in [0.1, 0.15) is 24.8 Å². The van der Waals surface area contributed by atoms with Crippen molar-refractivity contribution in [2.75, 3.05) is 51.3 Å². The lowest BCUT2D eigenvalue weighted by Crippen LogP contribution is -2.68. The molecule has 224 valence electrons. The molecule has 4 bridgehead atoms. The van der Waals surface area contributed by atoms with Gasteiger partial charge < -0.3 is 19.1 Å². The summed E-state index contributed by atoms with van der Waals surface area (Å²) < 4.78 is 19.3. The van der Waals surface area contributed by atoms with Gasteiger partial charge in [0.15, 0.2) is 0 Å². The first kappa shape index (κ1) is 27.2. The molecule has 5 fully saturated rings. The SMILES string of the molecule is COc1ccc(CN2C3CC2CN(c2ccc(-c4cc(OCCN5CC6CCC(C5)O6)cn5ncc(Cl)c45)cn2)C3)cc1. The Hall–Kier alpha value is -3.37. The maximum Gasteiger partial charge on any atom is 0.138 e. The number of ether oxygens (including phenoxy) is 3. The maximum atomic E-state index is 6.60. The second kappa shape index (κ2) is 11.3. The minimum atomic E-state index is 0.386. The standard InChI is InChI=1S/C33H37ClN6O3/c1-41-26-5-2-22(3-6-26)16-39-24-12-25(39)18-38(17-24)32-9-4-23(14-35-32)30-13-29(21-40-33(30)31(34)15-36-40)42-11-10-37-19-27-7-8-28(20-37)43-27/h2-6,9,13-15,21,24-25,27-28H,7-8,10-12,16-20H2,1H3. The van der Waals surface area contributed by atoms with Crippen LogP contribution in [0.4, 0.5) is 5.82 Å². The number of hydrogen-bond acceptors (Lipinski definition) is 8. The number of piperazine rings is 1. The van der Waals surface area contributed by atoms with Crippen LogP contribution in [0, 0.1) is 0 Å². The highest BCUT2D eigenvalue weighted by atomic mass is 35.5. The van der Waals surface area contributed by atoms with Crippen LogP contribution in [0.3, 0.4) is 0 Å². The van der Waals surface area contributed by atoms with E-state index in [1.54, 1.807) is 13.3 Å². The van der Waals surface area contributed by atoms with Gasteiger partial charge in [-0.2, -0.15) is 5.10 Å². The summed E-state index contributed by atoms with van der Waals surface area (Å²) in [5, 5.41) is 5.09. The van der Waals surface area contributed by atoms with Crippen LogP contribution in [0.15, 0.2) is 61.1 Å². The maximum absolute atomic E-state index is 6.60. The van der Waals surface area contributed by atoms with E-state index in [1.165, 1.54) is 24.8 Å². The number of aromatic nitrogens is 3. The van der Waals surface area contributed by atoms with E-state index in [4.69, 9.17) is 30.8 Å². The van der Waals surface area contributed by atoms with Gasteiger partial charge in [-0.25, -0.2) is 9.50 Å². The van der Waals surface area contributed by atoms with E-state index >= 15 is 0 Å². The first-order chi connectivity index (χ1) is 21.1. The van der Waals surface area contributed by atoms with Crippen LogP contribution >= 0.6 is 11.6 Å². The minimum absolute atomic E-state index is 0.386. The predicted octanol–water partition coefficient (Wildman–Crippen LogP) is 4.76. The third-order valence-electron chi connectivity index (χ3n) is 9.59. The number of piperidine rings is 1. The average Bonchev–Trinajstić information content (AvgIpc) is 3.60. The first-order valence-electron chi connectivity index (χ1n) is 15.4. The van der Waals surface area contributed by atoms with Crippen LogP contribution in [-0.2, 0) is 11.3 Å². The quantitative estimate of drug-likeness (QED) is 0.272. The molecule has 5 aliphatic heterocycles. The Morgan fingerprint density at radius 3 is 2.47 bits per heavy atom. The minimum Gasteiger partial charge on any atom is -0.497 e. The molecule has 43 heavy (non-hydrogen) atoms. The average molecular weight is 601 g/mol. The van der Waals surface area contributed by atoms with Gasteiger partial charge in [0.25, 0.3) is 0 Å². The smallest absolute Gasteiger partial charge is 0.138 e. The number of fused-ring (bicyclic) bond motifs is 5. The van der Waals surface area contributed by atoms with Gasteiger partial charge in [-0.1, -0.05) is 23.7 Å². The second-order valence-electron chi connectivity index (χ2n) is 12.3. The Kier molecular flexibility index (Phi) is 7.14. The lowest BCUT2D eigenvalue weighted by molar-refractivity contribution is -0.0409. The molecule has 4 unspecified atom stereocenters. The van der Waals surface area contributed by atoms with E-state index in [9.17, 15) is 0 Å². The van der Waals surface area contributed by atoms with Gasteiger partial charge in [-0.3, -0.25) is 9.80 Å². The number of hydrogen-bond donors (Lipinski definition) is 0. The summed E-state index contributed by atoms with van der Waals surface area (Å²) in [6, 6.07) is 15.9. The Morgan fingerprint density at radius 1 is 0.953 bits per heavy atom. The van der Waals surface area contributed by atoms with Gasteiger partial charge in [-0.05, 0) is 55.2 Å². The van der Waals surface area contributed by atoms with Crippen molar-refractivity contribution in [2.45, 2.75) is 50.1 Å². The number of morpholine rings is 1. The summed E-state index contributed by atoms with van der Waals surface area (Å²) >= 11 is 6.60. The zero-order valence-electron chi connectivity index (χ0n) is 24.4. The molecule has 0 aliphatic carbocycles. The molecule has 4 atom stereocenters. The van der Waals surface area contributed by atoms with Crippen LogP contribution in [-0.4, -0.2) is 95.1 Å². The molecule has 0 radical (unpaired) electrons. The number of methoxy groups -OCH3 is 1. The van der Waals surface area contributed by atoms with E-state index in [2.05, 4.69) is 50.1 Å². The van der Waals surface area contributed by atoms with Crippen LogP contribution in [0.2, 0.25) is 5.02 Å². The molecule has 5 aliphatic rings. The van der Waals surface area contributed by atoms with Crippen molar-refractivity contribution in [1.29, 1.82) is 0 Å². The van der Waals surface area contributed by atoms with E-state index in [0.29, 0.717) is 35.9 Å². The molecular weight excluding hydrogens is 564 g/mol. The molecule has 4 aromatic rings. The molecule has 0 saturated carbocycles. The van der Waals surface area contributed by atoms with Crippen molar-refractivity contribution in [3.05, 3.63) is 71.6 Å². The molecule has 9 rings (SSSR count). The van der Waals surface area contributed by atoms with E-state index in [1.807, 2.05) is 29.0 Å². The molecule has 5 saturated heterocycles. The highest BCUT2D eigenvalue weighted by molar-refractivity contribution is 6.34. The highest BCUT2D eigenvalue weighted by Gasteiger charge is 2.44. The van der Waals surface area contributed by atoms with Crippen LogP contribution in [0.5, 0.6) is 11.5 Å². The molecule has 0 amide bonds. The number of benzene rings is 1. The fraction of sp³-hybridized carbons (Fsp3) is 0.455. The Bertz CT molecular complexity index is 1570. The monoisotopic (exact) mass is 600 g/mol. The van der Waals surface area contributed by atoms with Crippen molar-refractivity contribution >= 4 is 22.9 Å². The summed E-state index contributed by atoms with van der Waals surface area (Å²) in [6.45, 7) is 6.45. The van der Waals surface area contributed by atoms with Gasteiger partial charge in [0.2, 0.25) is 0 Å². The fourth-order valence-corrected chi connectivity index (χ4v) is 7.57. The molecule has 10 heteroatoms. The summed E-state index contributed by atoms with van der Waals surface area (Å²) in [7, 11) is 1.71. The molecular formula is C33H37ClN6O3. The number of rotatable bonds is 9. The van der Waals surface area contributed by atoms with Gasteiger partial charge in [0, 0.05) is 68.7 Å².